The summed E-state index contributed by atoms with van der Waals surface area (Å²) in [5, 5.41) is 8.64. The summed E-state index contributed by atoms with van der Waals surface area (Å²) in [6.45, 7) is 1.68. The van der Waals surface area contributed by atoms with Crippen LogP contribution in [0.3, 0.4) is 0 Å². The smallest absolute Gasteiger partial charge is 0.100 e. The SMILES string of the molecule is N#CCN1COC[C@H]1c1ccccc1. The molecule has 1 fully saturated rings. The average molecular weight is 188 g/mol. The first-order valence-electron chi connectivity index (χ1n) is 4.65. The van der Waals surface area contributed by atoms with Gasteiger partial charge in [-0.15, -0.1) is 0 Å². The van der Waals surface area contributed by atoms with Gasteiger partial charge in [-0.05, 0) is 5.56 Å². The van der Waals surface area contributed by atoms with Gasteiger partial charge in [-0.2, -0.15) is 5.26 Å². The fraction of sp³-hybridized carbons (Fsp3) is 0.364. The first-order valence-corrected chi connectivity index (χ1v) is 4.65. The Bertz CT molecular complexity index is 331. The van der Waals surface area contributed by atoms with Crippen LogP contribution in [0, 0.1) is 11.3 Å². The van der Waals surface area contributed by atoms with Crippen molar-refractivity contribution in [1.82, 2.24) is 4.90 Å². The van der Waals surface area contributed by atoms with Crippen LogP contribution in [0.4, 0.5) is 0 Å². The molecule has 0 aliphatic carbocycles. The Hall–Kier alpha value is -1.37. The number of nitrogens with zero attached hydrogens (tertiary/aromatic N) is 2. The monoisotopic (exact) mass is 188 g/mol. The fourth-order valence-electron chi connectivity index (χ4n) is 1.71. The van der Waals surface area contributed by atoms with Crippen LogP contribution in [-0.4, -0.2) is 24.8 Å². The first kappa shape index (κ1) is 9.20. The van der Waals surface area contributed by atoms with E-state index in [2.05, 4.69) is 18.2 Å². The third-order valence-corrected chi connectivity index (χ3v) is 2.43. The average Bonchev–Trinajstić information content (AvgIpc) is 2.68. The standard InChI is InChI=1S/C11H12N2O/c12-6-7-13-9-14-8-11(13)10-4-2-1-3-5-10/h1-5,11H,7-9H2/t11-/m0/s1. The van der Waals surface area contributed by atoms with Gasteiger partial charge in [-0.1, -0.05) is 30.3 Å². The maximum Gasteiger partial charge on any atom is 0.100 e. The summed E-state index contributed by atoms with van der Waals surface area (Å²) in [5.74, 6) is 0. The highest BCUT2D eigenvalue weighted by Crippen LogP contribution is 2.24. The fourth-order valence-corrected chi connectivity index (χ4v) is 1.71. The zero-order valence-electron chi connectivity index (χ0n) is 7.89. The van der Waals surface area contributed by atoms with E-state index in [1.54, 1.807) is 0 Å². The molecule has 3 nitrogen and oxygen atoms in total. The Balaban J connectivity index is 2.14. The third-order valence-electron chi connectivity index (χ3n) is 2.43. The molecule has 14 heavy (non-hydrogen) atoms. The molecule has 1 atom stereocenters. The van der Waals surface area contributed by atoms with E-state index in [1.165, 1.54) is 5.56 Å². The molecule has 1 aromatic rings. The van der Waals surface area contributed by atoms with E-state index in [9.17, 15) is 0 Å². The second-order valence-corrected chi connectivity index (χ2v) is 3.33. The lowest BCUT2D eigenvalue weighted by molar-refractivity contribution is 0.146. The second kappa shape index (κ2) is 4.23. The van der Waals surface area contributed by atoms with Crippen molar-refractivity contribution in [3.63, 3.8) is 0 Å². The highest BCUT2D eigenvalue weighted by atomic mass is 16.5. The molecule has 72 valence electrons. The Labute approximate surface area is 83.5 Å². The molecule has 0 aromatic heterocycles. The molecule has 0 N–H and O–H groups in total. The van der Waals surface area contributed by atoms with Crippen LogP contribution >= 0.6 is 0 Å². The van der Waals surface area contributed by atoms with Crippen molar-refractivity contribution in [1.29, 1.82) is 5.26 Å². The third kappa shape index (κ3) is 1.77. The number of nitriles is 1. The van der Waals surface area contributed by atoms with E-state index >= 15 is 0 Å². The van der Waals surface area contributed by atoms with Crippen molar-refractivity contribution in [2.45, 2.75) is 6.04 Å². The molecule has 0 radical (unpaired) electrons. The first-order chi connectivity index (χ1) is 6.92. The maximum absolute atomic E-state index is 8.64. The number of hydrogen-bond acceptors (Lipinski definition) is 3. The number of benzene rings is 1. The van der Waals surface area contributed by atoms with Crippen LogP contribution in [0.25, 0.3) is 0 Å². The lowest BCUT2D eigenvalue weighted by Crippen LogP contribution is -2.24. The molecule has 3 heteroatoms. The van der Waals surface area contributed by atoms with Gasteiger partial charge in [-0.3, -0.25) is 4.90 Å². The van der Waals surface area contributed by atoms with Gasteiger partial charge in [0.1, 0.15) is 6.73 Å². The summed E-state index contributed by atoms with van der Waals surface area (Å²) in [6, 6.07) is 12.6. The van der Waals surface area contributed by atoms with Gasteiger partial charge in [0, 0.05) is 0 Å². The molecule has 0 saturated carbocycles. The summed E-state index contributed by atoms with van der Waals surface area (Å²) in [5.41, 5.74) is 1.22. The molecule has 1 aliphatic rings. The Morgan fingerprint density at radius 1 is 1.43 bits per heavy atom. The molecule has 0 amide bonds. The Morgan fingerprint density at radius 3 is 2.93 bits per heavy atom. The molecule has 1 saturated heterocycles. The predicted molar refractivity (Wildman–Crippen MR) is 52.3 cm³/mol. The highest BCUT2D eigenvalue weighted by molar-refractivity contribution is 5.19. The second-order valence-electron chi connectivity index (χ2n) is 3.33. The lowest BCUT2D eigenvalue weighted by Gasteiger charge is -2.18. The van der Waals surface area contributed by atoms with Gasteiger partial charge in [0.15, 0.2) is 0 Å². The Morgan fingerprint density at radius 2 is 2.21 bits per heavy atom. The van der Waals surface area contributed by atoms with E-state index in [4.69, 9.17) is 10.00 Å². The highest BCUT2D eigenvalue weighted by Gasteiger charge is 2.25. The molecular formula is C11H12N2O. The van der Waals surface area contributed by atoms with Gasteiger partial charge < -0.3 is 4.74 Å². The molecular weight excluding hydrogens is 176 g/mol. The van der Waals surface area contributed by atoms with Crippen LogP contribution in [0.15, 0.2) is 30.3 Å². The normalized spacial score (nSPS) is 22.1. The molecule has 1 aromatic carbocycles. The minimum Gasteiger partial charge on any atom is -0.364 e. The van der Waals surface area contributed by atoms with Crippen LogP contribution in [0.2, 0.25) is 0 Å². The summed E-state index contributed by atoms with van der Waals surface area (Å²) < 4.78 is 5.35. The van der Waals surface area contributed by atoms with Crippen molar-refractivity contribution < 1.29 is 4.74 Å². The van der Waals surface area contributed by atoms with Crippen molar-refractivity contribution in [3.05, 3.63) is 35.9 Å². The topological polar surface area (TPSA) is 36.3 Å². The Kier molecular flexibility index (Phi) is 2.78. The van der Waals surface area contributed by atoms with Gasteiger partial charge in [-0.25, -0.2) is 0 Å². The lowest BCUT2D eigenvalue weighted by atomic mass is 10.1. The van der Waals surface area contributed by atoms with Crippen LogP contribution < -0.4 is 0 Å². The van der Waals surface area contributed by atoms with Crippen molar-refractivity contribution in [2.75, 3.05) is 19.9 Å². The molecule has 1 aliphatic heterocycles. The minimum absolute atomic E-state index is 0.246. The number of ether oxygens (including phenoxy) is 1. The molecule has 0 unspecified atom stereocenters. The molecule has 1 heterocycles. The number of hydrogen-bond donors (Lipinski definition) is 0. The van der Waals surface area contributed by atoms with Crippen molar-refractivity contribution in [2.24, 2.45) is 0 Å². The summed E-state index contributed by atoms with van der Waals surface area (Å²) in [7, 11) is 0. The van der Waals surface area contributed by atoms with Crippen LogP contribution in [0.5, 0.6) is 0 Å². The van der Waals surface area contributed by atoms with Gasteiger partial charge >= 0.3 is 0 Å². The largest absolute Gasteiger partial charge is 0.364 e. The van der Waals surface area contributed by atoms with E-state index < -0.39 is 0 Å². The van der Waals surface area contributed by atoms with Gasteiger partial charge in [0.2, 0.25) is 0 Å². The molecule has 0 spiro atoms. The minimum atomic E-state index is 0.246. The van der Waals surface area contributed by atoms with Crippen LogP contribution in [0.1, 0.15) is 11.6 Å². The van der Waals surface area contributed by atoms with Gasteiger partial charge in [0.25, 0.3) is 0 Å². The maximum atomic E-state index is 8.64. The quantitative estimate of drug-likeness (QED) is 0.660. The summed E-state index contributed by atoms with van der Waals surface area (Å²) in [6.07, 6.45) is 0. The predicted octanol–water partition coefficient (Wildman–Crippen LogP) is 1.54. The summed E-state index contributed by atoms with van der Waals surface area (Å²) >= 11 is 0. The number of rotatable bonds is 2. The van der Waals surface area contributed by atoms with E-state index in [1.807, 2.05) is 23.1 Å². The van der Waals surface area contributed by atoms with Crippen molar-refractivity contribution >= 4 is 0 Å². The van der Waals surface area contributed by atoms with Crippen molar-refractivity contribution in [3.8, 4) is 6.07 Å². The molecule has 2 rings (SSSR count). The zero-order chi connectivity index (χ0) is 9.80. The van der Waals surface area contributed by atoms with E-state index in [-0.39, 0.29) is 6.04 Å². The summed E-state index contributed by atoms with van der Waals surface area (Å²) in [4.78, 5) is 2.04. The van der Waals surface area contributed by atoms with Crippen LogP contribution in [-0.2, 0) is 4.74 Å². The van der Waals surface area contributed by atoms with E-state index in [0.717, 1.165) is 0 Å². The zero-order valence-corrected chi connectivity index (χ0v) is 7.89. The van der Waals surface area contributed by atoms with Gasteiger partial charge in [0.05, 0.1) is 25.3 Å². The molecule has 0 bridgehead atoms. The van der Waals surface area contributed by atoms with E-state index in [0.29, 0.717) is 19.9 Å².